The molecule has 2 bridgehead atoms. The lowest BCUT2D eigenvalue weighted by Crippen LogP contribution is -2.34. The minimum atomic E-state index is -0.171. The average Bonchev–Trinajstić information content (AvgIpc) is 2.85. The highest BCUT2D eigenvalue weighted by Crippen LogP contribution is 2.63. The predicted octanol–water partition coefficient (Wildman–Crippen LogP) is 2.73. The number of aromatic nitrogens is 1. The van der Waals surface area contributed by atoms with Gasteiger partial charge in [-0.25, -0.2) is 5.43 Å². The molecule has 6 heteroatoms. The number of fused-ring (bicyclic) bond motifs is 2. The number of nitrogens with one attached hydrogen (secondary N) is 1. The van der Waals surface area contributed by atoms with Gasteiger partial charge in [-0.15, -0.1) is 0 Å². The van der Waals surface area contributed by atoms with Crippen molar-refractivity contribution in [1.29, 1.82) is 0 Å². The fourth-order valence-corrected chi connectivity index (χ4v) is 4.63. The van der Waals surface area contributed by atoms with Crippen molar-refractivity contribution in [2.24, 2.45) is 21.8 Å². The summed E-state index contributed by atoms with van der Waals surface area (Å²) in [6.07, 6.45) is 4.81. The minimum Gasteiger partial charge on any atom is -0.618 e. The summed E-state index contributed by atoms with van der Waals surface area (Å²) in [5.41, 5.74) is 4.15. The van der Waals surface area contributed by atoms with Crippen LogP contribution >= 0.6 is 11.8 Å². The number of rotatable bonds is 4. The Bertz CT molecular complexity index is 659. The lowest BCUT2D eigenvalue weighted by Gasteiger charge is -2.34. The monoisotopic (exact) mass is 333 g/mol. The lowest BCUT2D eigenvalue weighted by molar-refractivity contribution is -0.645. The number of hydrogen-bond acceptors (Lipinski definition) is 4. The maximum absolute atomic E-state index is 12.0. The molecular weight excluding hydrogens is 310 g/mol. The molecule has 3 rings (SSSR count). The molecule has 0 saturated heterocycles. The molecule has 0 aromatic carbocycles. The summed E-state index contributed by atoms with van der Waals surface area (Å²) in [5.74, 6) is 0.684. The quantitative estimate of drug-likeness (QED) is 0.399. The number of pyridine rings is 1. The van der Waals surface area contributed by atoms with Gasteiger partial charge in [0.05, 0.1) is 5.75 Å². The molecular formula is C17H23N3O2S. The first-order valence-corrected chi connectivity index (χ1v) is 9.00. The number of amides is 1. The zero-order valence-corrected chi connectivity index (χ0v) is 14.7. The predicted molar refractivity (Wildman–Crippen MR) is 90.9 cm³/mol. The van der Waals surface area contributed by atoms with Crippen molar-refractivity contribution >= 4 is 23.4 Å². The molecule has 5 nitrogen and oxygen atoms in total. The Morgan fingerprint density at radius 1 is 1.48 bits per heavy atom. The van der Waals surface area contributed by atoms with Crippen LogP contribution in [0.4, 0.5) is 0 Å². The Hall–Kier alpha value is -1.56. The van der Waals surface area contributed by atoms with Crippen LogP contribution in [0.25, 0.3) is 0 Å². The Morgan fingerprint density at radius 2 is 2.26 bits per heavy atom. The van der Waals surface area contributed by atoms with Crippen molar-refractivity contribution in [3.8, 4) is 0 Å². The molecule has 2 aliphatic rings. The molecule has 1 aromatic heterocycles. The number of hydrazone groups is 1. The highest BCUT2D eigenvalue weighted by Gasteiger charge is 2.59. The van der Waals surface area contributed by atoms with Crippen LogP contribution in [-0.2, 0) is 4.79 Å². The van der Waals surface area contributed by atoms with Gasteiger partial charge in [0.25, 0.3) is 10.9 Å². The highest BCUT2D eigenvalue weighted by molar-refractivity contribution is 7.99. The Labute approximate surface area is 141 Å². The van der Waals surface area contributed by atoms with E-state index in [1.54, 1.807) is 18.2 Å². The third kappa shape index (κ3) is 2.73. The SMILES string of the molecule is CC12CCC(CC1=NNC(=O)CSc1cccc[n+]1[O-])C2(C)C. The van der Waals surface area contributed by atoms with Crippen LogP contribution in [0.15, 0.2) is 34.5 Å². The van der Waals surface area contributed by atoms with Gasteiger partial charge in [-0.3, -0.25) is 4.79 Å². The van der Waals surface area contributed by atoms with E-state index in [0.29, 0.717) is 10.9 Å². The summed E-state index contributed by atoms with van der Waals surface area (Å²) >= 11 is 1.22. The van der Waals surface area contributed by atoms with Gasteiger partial charge in [0.1, 0.15) is 0 Å². The van der Waals surface area contributed by atoms with Gasteiger partial charge in [-0.05, 0) is 48.4 Å². The summed E-state index contributed by atoms with van der Waals surface area (Å²) in [5, 5.41) is 16.5. The Balaban J connectivity index is 1.59. The van der Waals surface area contributed by atoms with E-state index in [0.717, 1.165) is 23.3 Å². The zero-order chi connectivity index (χ0) is 16.7. The molecule has 2 fully saturated rings. The van der Waals surface area contributed by atoms with Gasteiger partial charge in [0, 0.05) is 23.3 Å². The molecule has 124 valence electrons. The molecule has 23 heavy (non-hydrogen) atoms. The van der Waals surface area contributed by atoms with Crippen LogP contribution in [-0.4, -0.2) is 17.4 Å². The van der Waals surface area contributed by atoms with E-state index in [-0.39, 0.29) is 22.5 Å². The molecule has 1 amide bonds. The van der Waals surface area contributed by atoms with Gasteiger partial charge in [0.15, 0.2) is 6.20 Å². The third-order valence-corrected chi connectivity index (χ3v) is 6.99. The molecule has 0 aliphatic heterocycles. The van der Waals surface area contributed by atoms with Crippen LogP contribution < -0.4 is 10.2 Å². The van der Waals surface area contributed by atoms with E-state index in [1.165, 1.54) is 24.4 Å². The highest BCUT2D eigenvalue weighted by atomic mass is 32.2. The van der Waals surface area contributed by atoms with Crippen molar-refractivity contribution < 1.29 is 9.52 Å². The first-order chi connectivity index (χ1) is 10.8. The molecule has 1 heterocycles. The standard InChI is InChI=1S/C17H23N3O2S/c1-16(2)12-7-8-17(16,3)13(10-12)18-19-14(21)11-23-15-6-4-5-9-20(15)22/h4-6,9,12H,7-8,10-11H2,1-3H3,(H,19,21). The number of carbonyl (C=O) groups is 1. The molecule has 2 aliphatic carbocycles. The van der Waals surface area contributed by atoms with Crippen molar-refractivity contribution in [2.45, 2.75) is 45.1 Å². The van der Waals surface area contributed by atoms with Crippen LogP contribution in [0.5, 0.6) is 0 Å². The van der Waals surface area contributed by atoms with E-state index in [4.69, 9.17) is 0 Å². The smallest absolute Gasteiger partial charge is 0.251 e. The summed E-state index contributed by atoms with van der Waals surface area (Å²) in [6, 6.07) is 5.16. The van der Waals surface area contributed by atoms with E-state index in [2.05, 4.69) is 31.3 Å². The largest absolute Gasteiger partial charge is 0.618 e. The van der Waals surface area contributed by atoms with Gasteiger partial charge >= 0.3 is 0 Å². The van der Waals surface area contributed by atoms with E-state index < -0.39 is 0 Å². The van der Waals surface area contributed by atoms with Crippen LogP contribution in [0.1, 0.15) is 40.0 Å². The fraction of sp³-hybridized carbons (Fsp3) is 0.588. The van der Waals surface area contributed by atoms with Crippen molar-refractivity contribution in [1.82, 2.24) is 5.43 Å². The second-order valence-corrected chi connectivity index (χ2v) is 8.24. The van der Waals surface area contributed by atoms with Crippen LogP contribution in [0.3, 0.4) is 0 Å². The number of thioether (sulfide) groups is 1. The summed E-state index contributed by atoms with van der Waals surface area (Å²) in [6.45, 7) is 6.89. The maximum atomic E-state index is 12.0. The minimum absolute atomic E-state index is 0.0928. The maximum Gasteiger partial charge on any atom is 0.251 e. The van der Waals surface area contributed by atoms with Gasteiger partial charge in [0.2, 0.25) is 0 Å². The fourth-order valence-electron chi connectivity index (χ4n) is 3.92. The second kappa shape index (κ2) is 5.82. The van der Waals surface area contributed by atoms with E-state index in [1.807, 2.05) is 0 Å². The molecule has 2 saturated carbocycles. The lowest BCUT2D eigenvalue weighted by atomic mass is 9.70. The topological polar surface area (TPSA) is 68.4 Å². The molecule has 2 unspecified atom stereocenters. The normalized spacial score (nSPS) is 29.9. The average molecular weight is 333 g/mol. The number of carbonyl (C=O) groups excluding carboxylic acids is 1. The number of hydrogen-bond donors (Lipinski definition) is 1. The van der Waals surface area contributed by atoms with Gasteiger partial charge < -0.3 is 5.21 Å². The molecule has 0 spiro atoms. The summed E-state index contributed by atoms with van der Waals surface area (Å²) in [4.78, 5) is 12.0. The first-order valence-electron chi connectivity index (χ1n) is 8.01. The second-order valence-electron chi connectivity index (χ2n) is 7.24. The van der Waals surface area contributed by atoms with E-state index >= 15 is 0 Å². The molecule has 0 radical (unpaired) electrons. The third-order valence-electron chi connectivity index (χ3n) is 5.97. The van der Waals surface area contributed by atoms with Crippen molar-refractivity contribution in [3.05, 3.63) is 29.6 Å². The Kier molecular flexibility index (Phi) is 4.12. The van der Waals surface area contributed by atoms with Crippen molar-refractivity contribution in [3.63, 3.8) is 0 Å². The van der Waals surface area contributed by atoms with Crippen molar-refractivity contribution in [2.75, 3.05) is 5.75 Å². The van der Waals surface area contributed by atoms with Gasteiger partial charge in [-0.1, -0.05) is 20.8 Å². The van der Waals surface area contributed by atoms with E-state index in [9.17, 15) is 10.0 Å². The first kappa shape index (κ1) is 16.3. The Morgan fingerprint density at radius 3 is 2.87 bits per heavy atom. The van der Waals surface area contributed by atoms with Crippen LogP contribution in [0, 0.1) is 22.0 Å². The number of nitrogens with zero attached hydrogens (tertiary/aromatic N) is 2. The van der Waals surface area contributed by atoms with Gasteiger partial charge in [-0.2, -0.15) is 9.83 Å². The molecule has 2 atom stereocenters. The summed E-state index contributed by atoms with van der Waals surface area (Å²) in [7, 11) is 0. The summed E-state index contributed by atoms with van der Waals surface area (Å²) < 4.78 is 0.767. The molecule has 1 N–H and O–H groups in total. The zero-order valence-electron chi connectivity index (χ0n) is 13.8. The molecule has 1 aromatic rings. The van der Waals surface area contributed by atoms with Crippen LogP contribution in [0.2, 0.25) is 0 Å².